The van der Waals surface area contributed by atoms with Crippen LogP contribution in [0, 0.1) is 0 Å². The third-order valence-corrected chi connectivity index (χ3v) is 2.05. The molecule has 0 radical (unpaired) electrons. The lowest BCUT2D eigenvalue weighted by molar-refractivity contribution is -0.139. The van der Waals surface area contributed by atoms with Crippen molar-refractivity contribution in [2.45, 2.75) is 0 Å². The number of hydrogen-bond acceptors (Lipinski definition) is 4. The summed E-state index contributed by atoms with van der Waals surface area (Å²) in [5.41, 5.74) is 0.809. The maximum Gasteiger partial charge on any atom is 0.341 e. The van der Waals surface area contributed by atoms with E-state index in [4.69, 9.17) is 25.9 Å². The third-order valence-electron chi connectivity index (χ3n) is 1.75. The Bertz CT molecular complexity index is 508. The van der Waals surface area contributed by atoms with E-state index in [1.54, 1.807) is 12.1 Å². The predicted molar refractivity (Wildman–Crippen MR) is 52.1 cm³/mol. The molecule has 2 rings (SSSR count). The number of ether oxygens (including phenoxy) is 1. The first-order valence-corrected chi connectivity index (χ1v) is 4.42. The molecule has 15 heavy (non-hydrogen) atoms. The monoisotopic (exact) mass is 227 g/mol. The molecule has 0 spiro atoms. The summed E-state index contributed by atoms with van der Waals surface area (Å²) >= 11 is 5.83. The average Bonchev–Trinajstić information content (AvgIpc) is 2.66. The molecular weight excluding hydrogens is 222 g/mol. The van der Waals surface area contributed by atoms with Crippen molar-refractivity contribution in [2.24, 2.45) is 0 Å². The lowest BCUT2D eigenvalue weighted by Gasteiger charge is -2.03. The number of nitrogens with zero attached hydrogens (tertiary/aromatic N) is 1. The van der Waals surface area contributed by atoms with E-state index in [1.807, 2.05) is 0 Å². The van der Waals surface area contributed by atoms with Gasteiger partial charge in [0.15, 0.2) is 24.1 Å². The van der Waals surface area contributed by atoms with E-state index in [2.05, 4.69) is 4.98 Å². The molecule has 0 saturated carbocycles. The number of aromatic nitrogens is 1. The van der Waals surface area contributed by atoms with Crippen LogP contribution in [0.1, 0.15) is 0 Å². The van der Waals surface area contributed by atoms with Gasteiger partial charge in [-0.3, -0.25) is 0 Å². The molecule has 1 aromatic heterocycles. The quantitative estimate of drug-likeness (QED) is 0.868. The van der Waals surface area contributed by atoms with Crippen LogP contribution in [0.2, 0.25) is 5.02 Å². The van der Waals surface area contributed by atoms with Gasteiger partial charge in [-0.1, -0.05) is 11.6 Å². The Labute approximate surface area is 89.2 Å². The van der Waals surface area contributed by atoms with Crippen molar-refractivity contribution in [1.29, 1.82) is 0 Å². The average molecular weight is 228 g/mol. The van der Waals surface area contributed by atoms with E-state index >= 15 is 0 Å². The molecule has 0 atom stereocenters. The number of hydrogen-bond donors (Lipinski definition) is 1. The van der Waals surface area contributed by atoms with Gasteiger partial charge < -0.3 is 14.3 Å². The molecule has 78 valence electrons. The number of benzene rings is 1. The molecule has 1 aromatic carbocycles. The second kappa shape index (κ2) is 3.78. The molecule has 2 aromatic rings. The molecule has 5 nitrogen and oxygen atoms in total. The summed E-state index contributed by atoms with van der Waals surface area (Å²) in [6.45, 7) is -0.427. The number of carboxylic acids is 1. The van der Waals surface area contributed by atoms with Crippen LogP contribution < -0.4 is 4.74 Å². The Morgan fingerprint density at radius 2 is 2.40 bits per heavy atom. The van der Waals surface area contributed by atoms with Crippen LogP contribution in [0.3, 0.4) is 0 Å². The Balaban J connectivity index is 2.39. The van der Waals surface area contributed by atoms with Crippen LogP contribution in [0.25, 0.3) is 11.1 Å². The van der Waals surface area contributed by atoms with Crippen LogP contribution in [0.15, 0.2) is 22.9 Å². The second-order valence-electron chi connectivity index (χ2n) is 2.76. The van der Waals surface area contributed by atoms with Crippen molar-refractivity contribution in [1.82, 2.24) is 4.98 Å². The maximum atomic E-state index is 10.3. The number of oxazole rings is 1. The van der Waals surface area contributed by atoms with Gasteiger partial charge in [0.1, 0.15) is 5.75 Å². The lowest BCUT2D eigenvalue weighted by Crippen LogP contribution is -2.09. The summed E-state index contributed by atoms with van der Waals surface area (Å²) in [6, 6.07) is 3.11. The highest BCUT2D eigenvalue weighted by atomic mass is 35.5. The maximum absolute atomic E-state index is 10.3. The van der Waals surface area contributed by atoms with Crippen molar-refractivity contribution >= 4 is 28.7 Å². The standard InChI is InChI=1S/C9H6ClNO4/c10-5-1-2-6(14-3-7(12)13)8-9(5)15-4-11-8/h1-2,4H,3H2,(H,12,13). The van der Waals surface area contributed by atoms with Gasteiger partial charge in [-0.2, -0.15) is 0 Å². The topological polar surface area (TPSA) is 72.6 Å². The lowest BCUT2D eigenvalue weighted by atomic mass is 10.3. The normalized spacial score (nSPS) is 10.5. The molecule has 0 saturated heterocycles. The van der Waals surface area contributed by atoms with Crippen LogP contribution in [0.4, 0.5) is 0 Å². The smallest absolute Gasteiger partial charge is 0.341 e. The van der Waals surface area contributed by atoms with E-state index in [0.29, 0.717) is 21.9 Å². The molecule has 0 aliphatic heterocycles. The first kappa shape index (κ1) is 9.79. The van der Waals surface area contributed by atoms with Gasteiger partial charge in [0.2, 0.25) is 0 Å². The number of rotatable bonds is 3. The number of halogens is 1. The molecule has 6 heteroatoms. The Morgan fingerprint density at radius 1 is 1.60 bits per heavy atom. The van der Waals surface area contributed by atoms with Gasteiger partial charge in [-0.25, -0.2) is 9.78 Å². The summed E-state index contributed by atoms with van der Waals surface area (Å²) in [5, 5.41) is 8.86. The molecule has 0 amide bonds. The Morgan fingerprint density at radius 3 is 3.13 bits per heavy atom. The highest BCUT2D eigenvalue weighted by Crippen LogP contribution is 2.30. The van der Waals surface area contributed by atoms with E-state index < -0.39 is 12.6 Å². The van der Waals surface area contributed by atoms with Crippen LogP contribution in [0.5, 0.6) is 5.75 Å². The van der Waals surface area contributed by atoms with Crippen molar-refractivity contribution in [3.63, 3.8) is 0 Å². The molecule has 0 aliphatic rings. The zero-order valence-corrected chi connectivity index (χ0v) is 8.19. The first-order chi connectivity index (χ1) is 7.18. The summed E-state index contributed by atoms with van der Waals surface area (Å²) in [5.74, 6) is -0.716. The molecule has 1 heterocycles. The van der Waals surface area contributed by atoms with Crippen LogP contribution in [-0.2, 0) is 4.79 Å². The van der Waals surface area contributed by atoms with Crippen molar-refractivity contribution < 1.29 is 19.1 Å². The van der Waals surface area contributed by atoms with Crippen molar-refractivity contribution in [3.8, 4) is 5.75 Å². The minimum atomic E-state index is -1.05. The fourth-order valence-electron chi connectivity index (χ4n) is 1.15. The first-order valence-electron chi connectivity index (χ1n) is 4.05. The highest BCUT2D eigenvalue weighted by molar-refractivity contribution is 6.34. The molecular formula is C9H6ClNO4. The van der Waals surface area contributed by atoms with Gasteiger partial charge in [-0.15, -0.1) is 0 Å². The molecule has 0 bridgehead atoms. The van der Waals surface area contributed by atoms with E-state index in [1.165, 1.54) is 6.39 Å². The summed E-state index contributed by atoms with van der Waals surface area (Å²) in [6.07, 6.45) is 1.23. The third kappa shape index (κ3) is 1.87. The molecule has 1 N–H and O–H groups in total. The fraction of sp³-hybridized carbons (Fsp3) is 0.111. The second-order valence-corrected chi connectivity index (χ2v) is 3.17. The highest BCUT2D eigenvalue weighted by Gasteiger charge is 2.11. The largest absolute Gasteiger partial charge is 0.479 e. The summed E-state index contributed by atoms with van der Waals surface area (Å²) in [4.78, 5) is 14.2. The molecule has 0 aliphatic carbocycles. The van der Waals surface area contributed by atoms with E-state index in [-0.39, 0.29) is 0 Å². The summed E-state index contributed by atoms with van der Waals surface area (Å²) in [7, 11) is 0. The zero-order chi connectivity index (χ0) is 10.8. The van der Waals surface area contributed by atoms with E-state index in [0.717, 1.165) is 0 Å². The van der Waals surface area contributed by atoms with Crippen LogP contribution in [-0.4, -0.2) is 22.7 Å². The van der Waals surface area contributed by atoms with Gasteiger partial charge in [0.25, 0.3) is 0 Å². The van der Waals surface area contributed by atoms with Gasteiger partial charge in [0.05, 0.1) is 5.02 Å². The van der Waals surface area contributed by atoms with Gasteiger partial charge in [-0.05, 0) is 12.1 Å². The Hall–Kier alpha value is -1.75. The minimum absolute atomic E-state index is 0.338. The molecule has 0 fully saturated rings. The minimum Gasteiger partial charge on any atom is -0.479 e. The van der Waals surface area contributed by atoms with Crippen molar-refractivity contribution in [2.75, 3.05) is 6.61 Å². The fourth-order valence-corrected chi connectivity index (χ4v) is 1.35. The Kier molecular flexibility index (Phi) is 2.47. The zero-order valence-electron chi connectivity index (χ0n) is 7.44. The summed E-state index contributed by atoms with van der Waals surface area (Å²) < 4.78 is 10.0. The van der Waals surface area contributed by atoms with Crippen molar-refractivity contribution in [3.05, 3.63) is 23.5 Å². The number of aliphatic carboxylic acids is 1. The predicted octanol–water partition coefficient (Wildman–Crippen LogP) is 1.94. The molecule has 0 unspecified atom stereocenters. The number of carbonyl (C=O) groups is 1. The van der Waals surface area contributed by atoms with E-state index in [9.17, 15) is 4.79 Å². The van der Waals surface area contributed by atoms with Gasteiger partial charge in [0, 0.05) is 0 Å². The number of fused-ring (bicyclic) bond motifs is 1. The van der Waals surface area contributed by atoms with Gasteiger partial charge >= 0.3 is 5.97 Å². The SMILES string of the molecule is O=C(O)COc1ccc(Cl)c2ocnc12. The number of carboxylic acid groups (broad SMARTS) is 1. The van der Waals surface area contributed by atoms with Crippen LogP contribution >= 0.6 is 11.6 Å².